The summed E-state index contributed by atoms with van der Waals surface area (Å²) in [5.74, 6) is -0.506. The Morgan fingerprint density at radius 1 is 1.20 bits per heavy atom. The van der Waals surface area contributed by atoms with Gasteiger partial charge in [-0.3, -0.25) is 9.59 Å². The van der Waals surface area contributed by atoms with E-state index < -0.39 is 5.91 Å². The second kappa shape index (κ2) is 6.16. The van der Waals surface area contributed by atoms with Gasteiger partial charge in [0, 0.05) is 27.6 Å². The Morgan fingerprint density at radius 2 is 2.00 bits per heavy atom. The van der Waals surface area contributed by atoms with E-state index in [1.54, 1.807) is 30.5 Å². The summed E-state index contributed by atoms with van der Waals surface area (Å²) in [6.07, 6.45) is 2.45. The number of hydrogen-bond donors (Lipinski definition) is 1. The van der Waals surface area contributed by atoms with Gasteiger partial charge in [0.2, 0.25) is 5.43 Å². The lowest BCUT2D eigenvalue weighted by atomic mass is 10.1. The molecule has 25 heavy (non-hydrogen) atoms. The third-order valence-corrected chi connectivity index (χ3v) is 5.28. The lowest BCUT2D eigenvalue weighted by Gasteiger charge is -2.11. The van der Waals surface area contributed by atoms with E-state index in [4.69, 9.17) is 23.2 Å². The van der Waals surface area contributed by atoms with Crippen molar-refractivity contribution in [2.24, 2.45) is 0 Å². The second-order valence-corrected chi connectivity index (χ2v) is 7.61. The normalized spacial score (nSPS) is 12.6. The van der Waals surface area contributed by atoms with E-state index in [1.807, 2.05) is 10.6 Å². The first kappa shape index (κ1) is 16.6. The van der Waals surface area contributed by atoms with Crippen molar-refractivity contribution in [1.82, 2.24) is 4.57 Å². The van der Waals surface area contributed by atoms with Crippen LogP contribution in [0.5, 0.6) is 0 Å². The molecule has 0 spiro atoms. The van der Waals surface area contributed by atoms with Crippen LogP contribution in [0.2, 0.25) is 10.0 Å². The SMILES string of the molecule is O=C(Nc1cc(Cl)ccc1Cl)c1cn2c3c(cc(Br)cc3c1=O)CC2. The topological polar surface area (TPSA) is 51.1 Å². The van der Waals surface area contributed by atoms with Crippen molar-refractivity contribution in [1.29, 1.82) is 0 Å². The molecule has 7 heteroatoms. The van der Waals surface area contributed by atoms with E-state index in [2.05, 4.69) is 21.2 Å². The molecule has 0 saturated heterocycles. The summed E-state index contributed by atoms with van der Waals surface area (Å²) in [6.45, 7) is 0.737. The Labute approximate surface area is 161 Å². The Balaban J connectivity index is 1.83. The number of benzene rings is 2. The lowest BCUT2D eigenvalue weighted by Crippen LogP contribution is -2.23. The average molecular weight is 438 g/mol. The lowest BCUT2D eigenvalue weighted by molar-refractivity contribution is 0.102. The zero-order valence-corrected chi connectivity index (χ0v) is 15.9. The maximum absolute atomic E-state index is 12.8. The number of nitrogens with zero attached hydrogens (tertiary/aromatic N) is 1. The van der Waals surface area contributed by atoms with E-state index in [0.29, 0.717) is 21.1 Å². The Kier molecular flexibility index (Phi) is 4.10. The first-order valence-corrected chi connectivity index (χ1v) is 9.11. The fraction of sp³-hybridized carbons (Fsp3) is 0.111. The van der Waals surface area contributed by atoms with Gasteiger partial charge in [-0.25, -0.2) is 0 Å². The first-order chi connectivity index (χ1) is 11.9. The predicted octanol–water partition coefficient (Wildman–Crippen LogP) is 4.88. The van der Waals surface area contributed by atoms with Crippen molar-refractivity contribution in [3.8, 4) is 0 Å². The van der Waals surface area contributed by atoms with Gasteiger partial charge in [0.25, 0.3) is 5.91 Å². The maximum atomic E-state index is 12.8. The van der Waals surface area contributed by atoms with E-state index in [-0.39, 0.29) is 11.0 Å². The molecule has 4 nitrogen and oxygen atoms in total. The molecule has 4 rings (SSSR count). The smallest absolute Gasteiger partial charge is 0.261 e. The predicted molar refractivity (Wildman–Crippen MR) is 104 cm³/mol. The zero-order chi connectivity index (χ0) is 17.7. The molecule has 0 radical (unpaired) electrons. The van der Waals surface area contributed by atoms with Crippen LogP contribution in [0.15, 0.2) is 45.8 Å². The van der Waals surface area contributed by atoms with Gasteiger partial charge in [0.1, 0.15) is 5.56 Å². The number of aryl methyl sites for hydroxylation is 2. The molecule has 0 unspecified atom stereocenters. The number of amides is 1. The summed E-state index contributed by atoms with van der Waals surface area (Å²) < 4.78 is 2.78. The molecule has 0 saturated carbocycles. The van der Waals surface area contributed by atoms with E-state index >= 15 is 0 Å². The zero-order valence-electron chi connectivity index (χ0n) is 12.8. The molecule has 1 N–H and O–H groups in total. The van der Waals surface area contributed by atoms with Crippen LogP contribution in [-0.4, -0.2) is 10.5 Å². The van der Waals surface area contributed by atoms with Gasteiger partial charge in [0.15, 0.2) is 0 Å². The minimum absolute atomic E-state index is 0.0782. The van der Waals surface area contributed by atoms with Crippen LogP contribution < -0.4 is 10.7 Å². The molecule has 3 aromatic rings. The van der Waals surface area contributed by atoms with E-state index in [1.165, 1.54) is 0 Å². The van der Waals surface area contributed by atoms with Crippen LogP contribution in [-0.2, 0) is 13.0 Å². The molecule has 0 atom stereocenters. The van der Waals surface area contributed by atoms with Crippen LogP contribution in [0, 0.1) is 0 Å². The molecular formula is C18H11BrCl2N2O2. The standard InChI is InChI=1S/C18H11BrCl2N2O2/c19-10-5-9-3-4-23-8-13(17(24)12(6-10)16(9)23)18(25)22-15-7-11(20)1-2-14(15)21/h1-2,5-8H,3-4H2,(H,22,25). The average Bonchev–Trinajstić information content (AvgIpc) is 2.97. The fourth-order valence-electron chi connectivity index (χ4n) is 3.14. The number of hydrogen-bond acceptors (Lipinski definition) is 2. The molecule has 2 aromatic carbocycles. The number of anilines is 1. The monoisotopic (exact) mass is 436 g/mol. The Hall–Kier alpha value is -1.82. The van der Waals surface area contributed by atoms with Crippen molar-refractivity contribution < 1.29 is 4.79 Å². The van der Waals surface area contributed by atoms with Crippen LogP contribution in [0.1, 0.15) is 15.9 Å². The molecule has 0 aliphatic carbocycles. The number of halogens is 3. The minimum atomic E-state index is -0.506. The van der Waals surface area contributed by atoms with Crippen LogP contribution >= 0.6 is 39.1 Å². The quantitative estimate of drug-likeness (QED) is 0.621. The number of aromatic nitrogens is 1. The molecule has 1 aromatic heterocycles. The summed E-state index contributed by atoms with van der Waals surface area (Å²) in [5, 5.41) is 4.01. The highest BCUT2D eigenvalue weighted by Gasteiger charge is 2.21. The first-order valence-electron chi connectivity index (χ1n) is 7.56. The van der Waals surface area contributed by atoms with Gasteiger partial charge in [-0.1, -0.05) is 39.1 Å². The van der Waals surface area contributed by atoms with E-state index in [9.17, 15) is 9.59 Å². The van der Waals surface area contributed by atoms with Gasteiger partial charge in [0.05, 0.1) is 16.2 Å². The molecule has 0 fully saturated rings. The molecule has 2 heterocycles. The highest BCUT2D eigenvalue weighted by molar-refractivity contribution is 9.10. The van der Waals surface area contributed by atoms with Gasteiger partial charge in [-0.2, -0.15) is 0 Å². The Bertz CT molecular complexity index is 1110. The largest absolute Gasteiger partial charge is 0.346 e. The Morgan fingerprint density at radius 3 is 2.80 bits per heavy atom. The van der Waals surface area contributed by atoms with Crippen molar-refractivity contribution in [2.45, 2.75) is 13.0 Å². The van der Waals surface area contributed by atoms with Crippen molar-refractivity contribution in [3.05, 3.63) is 72.4 Å². The number of rotatable bonds is 2. The number of nitrogens with one attached hydrogen (secondary N) is 1. The highest BCUT2D eigenvalue weighted by atomic mass is 79.9. The van der Waals surface area contributed by atoms with Crippen molar-refractivity contribution in [3.63, 3.8) is 0 Å². The van der Waals surface area contributed by atoms with Gasteiger partial charge >= 0.3 is 0 Å². The minimum Gasteiger partial charge on any atom is -0.346 e. The molecule has 0 bridgehead atoms. The third-order valence-electron chi connectivity index (χ3n) is 4.26. The summed E-state index contributed by atoms with van der Waals surface area (Å²) in [7, 11) is 0. The fourth-order valence-corrected chi connectivity index (χ4v) is 3.99. The number of pyridine rings is 1. The molecule has 126 valence electrons. The van der Waals surface area contributed by atoms with Crippen molar-refractivity contribution in [2.75, 3.05) is 5.32 Å². The maximum Gasteiger partial charge on any atom is 0.261 e. The summed E-state index contributed by atoms with van der Waals surface area (Å²) in [5.41, 5.74) is 2.15. The van der Waals surface area contributed by atoms with Gasteiger partial charge in [-0.05, 0) is 42.3 Å². The summed E-state index contributed by atoms with van der Waals surface area (Å²) in [4.78, 5) is 25.5. The van der Waals surface area contributed by atoms with Gasteiger partial charge in [-0.15, -0.1) is 0 Å². The number of carbonyl (C=O) groups excluding carboxylic acids is 1. The molecule has 1 aliphatic heterocycles. The van der Waals surface area contributed by atoms with Crippen LogP contribution in [0.4, 0.5) is 5.69 Å². The molecule has 1 amide bonds. The number of carbonyl (C=O) groups is 1. The third kappa shape index (κ3) is 2.86. The molecular weight excluding hydrogens is 427 g/mol. The van der Waals surface area contributed by atoms with Crippen LogP contribution in [0.3, 0.4) is 0 Å². The highest BCUT2D eigenvalue weighted by Crippen LogP contribution is 2.29. The molecule has 1 aliphatic rings. The van der Waals surface area contributed by atoms with Crippen molar-refractivity contribution >= 4 is 61.6 Å². The van der Waals surface area contributed by atoms with Gasteiger partial charge < -0.3 is 9.88 Å². The van der Waals surface area contributed by atoms with E-state index in [0.717, 1.165) is 28.5 Å². The summed E-state index contributed by atoms with van der Waals surface area (Å²) in [6, 6.07) is 8.54. The summed E-state index contributed by atoms with van der Waals surface area (Å²) >= 11 is 15.5. The second-order valence-electron chi connectivity index (χ2n) is 5.85. The van der Waals surface area contributed by atoms with Crippen LogP contribution in [0.25, 0.3) is 10.9 Å².